The molecule has 0 fully saturated rings. The maximum atomic E-state index is 10.3. The van der Waals surface area contributed by atoms with Crippen molar-refractivity contribution in [1.82, 2.24) is 9.80 Å². The number of carbonyl (C=O) groups is 1. The Morgan fingerprint density at radius 2 is 1.87 bits per heavy atom. The average molecular weight is 277 g/mol. The van der Waals surface area contributed by atoms with Gasteiger partial charge in [-0.1, -0.05) is 15.9 Å². The molecule has 0 saturated heterocycles. The van der Waals surface area contributed by atoms with E-state index in [0.29, 0.717) is 6.42 Å². The average Bonchev–Trinajstić information content (AvgIpc) is 2.62. The number of carboxylic acid groups (broad SMARTS) is 1. The first-order chi connectivity index (χ1) is 7.22. The van der Waals surface area contributed by atoms with Gasteiger partial charge in [-0.05, 0) is 12.8 Å². The van der Waals surface area contributed by atoms with Crippen LogP contribution >= 0.6 is 15.9 Å². The van der Waals surface area contributed by atoms with Crippen molar-refractivity contribution < 1.29 is 9.90 Å². The first-order valence-corrected chi connectivity index (χ1v) is 6.28. The number of halogens is 1. The van der Waals surface area contributed by atoms with Gasteiger partial charge in [-0.25, -0.2) is 0 Å². The Hall–Kier alpha value is -0.710. The number of nitrogens with zero attached hydrogens (tertiary/aromatic N) is 2. The lowest BCUT2D eigenvalue weighted by Gasteiger charge is -2.20. The van der Waals surface area contributed by atoms with Crippen LogP contribution in [-0.2, 0) is 4.79 Å². The zero-order valence-electron chi connectivity index (χ0n) is 8.73. The van der Waals surface area contributed by atoms with E-state index in [4.69, 9.17) is 5.11 Å². The van der Waals surface area contributed by atoms with Crippen molar-refractivity contribution >= 4 is 21.9 Å². The number of alkyl halides is 1. The summed E-state index contributed by atoms with van der Waals surface area (Å²) in [5, 5.41) is 9.53. The van der Waals surface area contributed by atoms with Crippen LogP contribution in [-0.4, -0.2) is 46.0 Å². The van der Waals surface area contributed by atoms with E-state index in [1.807, 2.05) is 6.20 Å². The summed E-state index contributed by atoms with van der Waals surface area (Å²) < 4.78 is 0. The fourth-order valence-electron chi connectivity index (χ4n) is 1.50. The summed E-state index contributed by atoms with van der Waals surface area (Å²) in [4.78, 5) is 14.7. The van der Waals surface area contributed by atoms with Crippen molar-refractivity contribution in [1.29, 1.82) is 0 Å². The molecule has 0 aliphatic carbocycles. The highest BCUT2D eigenvalue weighted by molar-refractivity contribution is 9.09. The summed E-state index contributed by atoms with van der Waals surface area (Å²) in [6, 6.07) is 0. The first-order valence-electron chi connectivity index (χ1n) is 5.16. The highest BCUT2D eigenvalue weighted by Crippen LogP contribution is 2.08. The van der Waals surface area contributed by atoms with Gasteiger partial charge in [0.15, 0.2) is 0 Å². The van der Waals surface area contributed by atoms with Crippen LogP contribution in [0, 0.1) is 0 Å². The van der Waals surface area contributed by atoms with Crippen molar-refractivity contribution in [2.45, 2.75) is 19.3 Å². The standard InChI is InChI=1S/C10H17BrN2O2/c11-4-2-6-13-8-7-12(9-13)5-1-3-10(14)15/h7-8H,1-6,9H2,(H,14,15). The third-order valence-corrected chi connectivity index (χ3v) is 2.83. The molecule has 0 unspecified atom stereocenters. The Morgan fingerprint density at radius 3 is 2.40 bits per heavy atom. The van der Waals surface area contributed by atoms with Gasteiger partial charge < -0.3 is 14.9 Å². The molecule has 0 aromatic carbocycles. The summed E-state index contributed by atoms with van der Waals surface area (Å²) in [5.74, 6) is -0.714. The predicted molar refractivity (Wildman–Crippen MR) is 62.7 cm³/mol. The molecule has 1 aliphatic rings. The van der Waals surface area contributed by atoms with E-state index < -0.39 is 5.97 Å². The van der Waals surface area contributed by atoms with E-state index in [1.165, 1.54) is 0 Å². The summed E-state index contributed by atoms with van der Waals surface area (Å²) in [6.45, 7) is 2.78. The molecule has 5 heteroatoms. The molecule has 1 heterocycles. The molecule has 0 amide bonds. The van der Waals surface area contributed by atoms with Crippen molar-refractivity contribution in [2.75, 3.05) is 25.1 Å². The van der Waals surface area contributed by atoms with Crippen molar-refractivity contribution in [3.63, 3.8) is 0 Å². The van der Waals surface area contributed by atoms with Gasteiger partial charge in [0.05, 0.1) is 6.67 Å². The molecule has 4 nitrogen and oxygen atoms in total. The van der Waals surface area contributed by atoms with Crippen LogP contribution in [0.4, 0.5) is 0 Å². The van der Waals surface area contributed by atoms with E-state index in [2.05, 4.69) is 31.9 Å². The Labute approximate surface area is 98.7 Å². The third kappa shape index (κ3) is 5.06. The zero-order chi connectivity index (χ0) is 11.1. The van der Waals surface area contributed by atoms with E-state index >= 15 is 0 Å². The summed E-state index contributed by atoms with van der Waals surface area (Å²) in [7, 11) is 0. The van der Waals surface area contributed by atoms with Gasteiger partial charge in [0.25, 0.3) is 0 Å². The molecule has 1 rings (SSSR count). The van der Waals surface area contributed by atoms with Crippen LogP contribution < -0.4 is 0 Å². The van der Waals surface area contributed by atoms with Crippen molar-refractivity contribution in [3.8, 4) is 0 Å². The quantitative estimate of drug-likeness (QED) is 0.719. The molecule has 1 N–H and O–H groups in total. The van der Waals surface area contributed by atoms with Gasteiger partial charge in [-0.2, -0.15) is 0 Å². The summed E-state index contributed by atoms with van der Waals surface area (Å²) >= 11 is 3.40. The van der Waals surface area contributed by atoms with Gasteiger partial charge in [0.1, 0.15) is 0 Å². The Morgan fingerprint density at radius 1 is 1.27 bits per heavy atom. The fraction of sp³-hybridized carbons (Fsp3) is 0.700. The molecule has 0 atom stereocenters. The number of hydrogen-bond donors (Lipinski definition) is 1. The monoisotopic (exact) mass is 276 g/mol. The maximum Gasteiger partial charge on any atom is 0.303 e. The second-order valence-electron chi connectivity index (χ2n) is 3.60. The second-order valence-corrected chi connectivity index (χ2v) is 4.40. The molecule has 15 heavy (non-hydrogen) atoms. The maximum absolute atomic E-state index is 10.3. The molecule has 0 radical (unpaired) electrons. The van der Waals surface area contributed by atoms with Crippen LogP contribution in [0.25, 0.3) is 0 Å². The minimum atomic E-state index is -0.714. The number of aliphatic carboxylic acids is 1. The molecule has 86 valence electrons. The smallest absolute Gasteiger partial charge is 0.303 e. The largest absolute Gasteiger partial charge is 0.481 e. The molecule has 0 spiro atoms. The van der Waals surface area contributed by atoms with E-state index in [-0.39, 0.29) is 6.42 Å². The van der Waals surface area contributed by atoms with E-state index in [0.717, 1.165) is 31.5 Å². The zero-order valence-corrected chi connectivity index (χ0v) is 10.3. The lowest BCUT2D eigenvalue weighted by Crippen LogP contribution is -2.27. The lowest BCUT2D eigenvalue weighted by molar-refractivity contribution is -0.137. The second kappa shape index (κ2) is 6.71. The molecule has 0 aromatic rings. The predicted octanol–water partition coefficient (Wildman–Crippen LogP) is 1.68. The number of hydrogen-bond acceptors (Lipinski definition) is 3. The Kier molecular flexibility index (Phi) is 5.53. The fourth-order valence-corrected chi connectivity index (χ4v) is 1.75. The summed E-state index contributed by atoms with van der Waals surface area (Å²) in [5.41, 5.74) is 0. The van der Waals surface area contributed by atoms with Crippen LogP contribution in [0.3, 0.4) is 0 Å². The van der Waals surface area contributed by atoms with Crippen molar-refractivity contribution in [3.05, 3.63) is 12.4 Å². The highest BCUT2D eigenvalue weighted by Gasteiger charge is 2.11. The normalized spacial score (nSPS) is 15.0. The van der Waals surface area contributed by atoms with Gasteiger partial charge in [0, 0.05) is 37.2 Å². The minimum absolute atomic E-state index is 0.256. The highest BCUT2D eigenvalue weighted by atomic mass is 79.9. The number of rotatable bonds is 7. The van der Waals surface area contributed by atoms with Gasteiger partial charge >= 0.3 is 5.97 Å². The van der Waals surface area contributed by atoms with Crippen LogP contribution in [0.5, 0.6) is 0 Å². The third-order valence-electron chi connectivity index (χ3n) is 2.27. The molecular formula is C10H17BrN2O2. The van der Waals surface area contributed by atoms with E-state index in [9.17, 15) is 4.79 Å². The molecule has 0 aromatic heterocycles. The lowest BCUT2D eigenvalue weighted by atomic mass is 10.3. The Bertz CT molecular complexity index is 233. The van der Waals surface area contributed by atoms with Gasteiger partial charge in [0.2, 0.25) is 0 Å². The van der Waals surface area contributed by atoms with Crippen molar-refractivity contribution in [2.24, 2.45) is 0 Å². The van der Waals surface area contributed by atoms with Gasteiger partial charge in [-0.15, -0.1) is 0 Å². The molecule has 0 saturated carbocycles. The molecular weight excluding hydrogens is 260 g/mol. The number of carboxylic acids is 1. The van der Waals surface area contributed by atoms with Crippen LogP contribution in [0.2, 0.25) is 0 Å². The van der Waals surface area contributed by atoms with Gasteiger partial charge in [-0.3, -0.25) is 4.79 Å². The Balaban J connectivity index is 2.09. The SMILES string of the molecule is O=C(O)CCCN1C=CN(CCCBr)C1. The van der Waals surface area contributed by atoms with Crippen LogP contribution in [0.1, 0.15) is 19.3 Å². The minimum Gasteiger partial charge on any atom is -0.481 e. The first kappa shape index (κ1) is 12.4. The van der Waals surface area contributed by atoms with Crippen LogP contribution in [0.15, 0.2) is 12.4 Å². The summed E-state index contributed by atoms with van der Waals surface area (Å²) in [6.07, 6.45) is 6.21. The molecule has 1 aliphatic heterocycles. The molecule has 0 bridgehead atoms. The topological polar surface area (TPSA) is 43.8 Å². The van der Waals surface area contributed by atoms with E-state index in [1.54, 1.807) is 0 Å².